The Morgan fingerprint density at radius 1 is 1.09 bits per heavy atom. The van der Waals surface area contributed by atoms with Gasteiger partial charge in [-0.3, -0.25) is 9.10 Å². The van der Waals surface area contributed by atoms with Crippen molar-refractivity contribution >= 4 is 39.2 Å². The van der Waals surface area contributed by atoms with Crippen molar-refractivity contribution in [3.63, 3.8) is 0 Å². The quantitative estimate of drug-likeness (QED) is 0.590. The van der Waals surface area contributed by atoms with Gasteiger partial charge in [0, 0.05) is 18.6 Å². The van der Waals surface area contributed by atoms with Gasteiger partial charge in [0.1, 0.15) is 4.90 Å². The number of sulfonamides is 1. The van der Waals surface area contributed by atoms with Gasteiger partial charge in [-0.1, -0.05) is 29.8 Å². The molecule has 0 N–H and O–H groups in total. The lowest BCUT2D eigenvalue weighted by atomic mass is 9.97. The van der Waals surface area contributed by atoms with E-state index in [0.717, 1.165) is 24.8 Å². The van der Waals surface area contributed by atoms with Gasteiger partial charge >= 0.3 is 5.97 Å². The molecule has 0 aliphatic carbocycles. The summed E-state index contributed by atoms with van der Waals surface area (Å²) in [5.74, 6) is -1.02. The summed E-state index contributed by atoms with van der Waals surface area (Å²) >= 11 is 6.23. The standard InChI is InChI=1S/C24H27ClN2O5S/c1-16-6-5-7-17(2)27(16)23(28)15-32-24(29)19-10-11-20(25)22(14-19)33(30,31)26-13-12-18-8-3-4-9-21(18)26/h3-4,8-11,14,16-17H,5-7,12-13,15H2,1-2H3/t16-,17-/m0/s1. The van der Waals surface area contributed by atoms with Crippen molar-refractivity contribution in [2.75, 3.05) is 17.5 Å². The summed E-state index contributed by atoms with van der Waals surface area (Å²) in [4.78, 5) is 26.9. The predicted octanol–water partition coefficient (Wildman–Crippen LogP) is 4.04. The Hall–Kier alpha value is -2.58. The second kappa shape index (κ2) is 9.35. The Morgan fingerprint density at radius 3 is 2.52 bits per heavy atom. The summed E-state index contributed by atoms with van der Waals surface area (Å²) in [7, 11) is -3.98. The summed E-state index contributed by atoms with van der Waals surface area (Å²) in [6.07, 6.45) is 3.50. The first-order valence-electron chi connectivity index (χ1n) is 11.1. The third kappa shape index (κ3) is 4.59. The highest BCUT2D eigenvalue weighted by atomic mass is 35.5. The molecule has 0 unspecified atom stereocenters. The number of anilines is 1. The van der Waals surface area contributed by atoms with Gasteiger partial charge in [0.2, 0.25) is 0 Å². The summed E-state index contributed by atoms with van der Waals surface area (Å²) < 4.78 is 33.3. The number of para-hydroxylation sites is 1. The van der Waals surface area contributed by atoms with Crippen LogP contribution in [0, 0.1) is 0 Å². The minimum absolute atomic E-state index is 0.0166. The molecule has 0 saturated carbocycles. The van der Waals surface area contributed by atoms with Crippen molar-refractivity contribution in [1.82, 2.24) is 4.90 Å². The highest BCUT2D eigenvalue weighted by molar-refractivity contribution is 7.93. The molecule has 0 aromatic heterocycles. The van der Waals surface area contributed by atoms with Gasteiger partial charge in [-0.15, -0.1) is 0 Å². The molecule has 176 valence electrons. The van der Waals surface area contributed by atoms with E-state index in [1.165, 1.54) is 22.5 Å². The van der Waals surface area contributed by atoms with E-state index in [9.17, 15) is 18.0 Å². The van der Waals surface area contributed by atoms with E-state index in [2.05, 4.69) is 0 Å². The van der Waals surface area contributed by atoms with E-state index < -0.39 is 22.6 Å². The van der Waals surface area contributed by atoms with Gasteiger partial charge in [0.15, 0.2) is 6.61 Å². The molecule has 0 radical (unpaired) electrons. The van der Waals surface area contributed by atoms with Crippen LogP contribution in [0.25, 0.3) is 0 Å². The van der Waals surface area contributed by atoms with Crippen LogP contribution in [0.15, 0.2) is 47.4 Å². The van der Waals surface area contributed by atoms with E-state index in [0.29, 0.717) is 18.7 Å². The molecule has 0 bridgehead atoms. The summed E-state index contributed by atoms with van der Waals surface area (Å²) in [6, 6.07) is 11.5. The van der Waals surface area contributed by atoms with Crippen molar-refractivity contribution in [2.24, 2.45) is 0 Å². The Bertz CT molecular complexity index is 1170. The molecule has 2 aliphatic heterocycles. The number of carbonyl (C=O) groups is 2. The zero-order chi connectivity index (χ0) is 23.8. The number of amides is 1. The first-order valence-corrected chi connectivity index (χ1v) is 12.9. The molecule has 0 spiro atoms. The zero-order valence-corrected chi connectivity index (χ0v) is 20.2. The Morgan fingerprint density at radius 2 is 1.79 bits per heavy atom. The molecule has 2 aromatic carbocycles. The number of halogens is 1. The molecule has 2 atom stereocenters. The van der Waals surface area contributed by atoms with Crippen LogP contribution in [0.2, 0.25) is 5.02 Å². The van der Waals surface area contributed by atoms with Crippen LogP contribution in [-0.2, 0) is 26.0 Å². The number of rotatable bonds is 5. The van der Waals surface area contributed by atoms with Crippen molar-refractivity contribution < 1.29 is 22.7 Å². The number of benzene rings is 2. The number of piperidine rings is 1. The maximum absolute atomic E-state index is 13.4. The van der Waals surface area contributed by atoms with E-state index >= 15 is 0 Å². The third-order valence-electron chi connectivity index (χ3n) is 6.39. The SMILES string of the molecule is C[C@H]1CCC[C@H](C)N1C(=O)COC(=O)c1ccc(Cl)c(S(=O)(=O)N2CCc3ccccc32)c1. The number of esters is 1. The lowest BCUT2D eigenvalue weighted by Crippen LogP contribution is -2.49. The molecule has 2 heterocycles. The number of hydrogen-bond acceptors (Lipinski definition) is 5. The maximum Gasteiger partial charge on any atom is 0.338 e. The maximum atomic E-state index is 13.4. The highest BCUT2D eigenvalue weighted by Crippen LogP contribution is 2.35. The predicted molar refractivity (Wildman–Crippen MR) is 126 cm³/mol. The monoisotopic (exact) mass is 490 g/mol. The first kappa shape index (κ1) is 23.6. The molecular weight excluding hydrogens is 464 g/mol. The average Bonchev–Trinajstić information content (AvgIpc) is 3.22. The smallest absolute Gasteiger partial charge is 0.338 e. The lowest BCUT2D eigenvalue weighted by molar-refractivity contribution is -0.140. The molecule has 2 aliphatic rings. The lowest BCUT2D eigenvalue weighted by Gasteiger charge is -2.38. The Balaban J connectivity index is 1.51. The third-order valence-corrected chi connectivity index (χ3v) is 8.68. The van der Waals surface area contributed by atoms with Gasteiger partial charge < -0.3 is 9.64 Å². The average molecular weight is 491 g/mol. The molecule has 1 saturated heterocycles. The second-order valence-corrected chi connectivity index (χ2v) is 10.8. The molecular formula is C24H27ClN2O5S. The molecule has 4 rings (SSSR count). The fourth-order valence-electron chi connectivity index (χ4n) is 4.70. The van der Waals surface area contributed by atoms with Crippen molar-refractivity contribution in [3.8, 4) is 0 Å². The van der Waals surface area contributed by atoms with Gasteiger partial charge in [0.25, 0.3) is 15.9 Å². The molecule has 2 aromatic rings. The highest BCUT2D eigenvalue weighted by Gasteiger charge is 2.33. The van der Waals surface area contributed by atoms with Gasteiger partial charge in [-0.2, -0.15) is 0 Å². The van der Waals surface area contributed by atoms with E-state index in [-0.39, 0.29) is 33.5 Å². The largest absolute Gasteiger partial charge is 0.452 e. The first-order chi connectivity index (χ1) is 15.7. The normalized spacial score (nSPS) is 20.5. The molecule has 1 fully saturated rings. The van der Waals surface area contributed by atoms with Gasteiger partial charge in [0.05, 0.1) is 16.3 Å². The molecule has 9 heteroatoms. The van der Waals surface area contributed by atoms with E-state index in [4.69, 9.17) is 16.3 Å². The fraction of sp³-hybridized carbons (Fsp3) is 0.417. The van der Waals surface area contributed by atoms with Gasteiger partial charge in [-0.05, 0) is 69.4 Å². The molecule has 1 amide bonds. The van der Waals surface area contributed by atoms with E-state index in [1.54, 1.807) is 17.0 Å². The van der Waals surface area contributed by atoms with Crippen LogP contribution < -0.4 is 4.31 Å². The summed E-state index contributed by atoms with van der Waals surface area (Å²) in [6.45, 7) is 3.88. The van der Waals surface area contributed by atoms with E-state index in [1.807, 2.05) is 26.0 Å². The van der Waals surface area contributed by atoms with Crippen molar-refractivity contribution in [3.05, 3.63) is 58.6 Å². The number of fused-ring (bicyclic) bond motifs is 1. The van der Waals surface area contributed by atoms with Crippen LogP contribution in [-0.4, -0.2) is 50.4 Å². The minimum Gasteiger partial charge on any atom is -0.452 e. The topological polar surface area (TPSA) is 84.0 Å². The number of hydrogen-bond donors (Lipinski definition) is 0. The fourth-order valence-corrected chi connectivity index (χ4v) is 6.71. The minimum atomic E-state index is -3.98. The van der Waals surface area contributed by atoms with Gasteiger partial charge in [-0.25, -0.2) is 13.2 Å². The second-order valence-electron chi connectivity index (χ2n) is 8.61. The summed E-state index contributed by atoms with van der Waals surface area (Å²) in [5.41, 5.74) is 1.57. The number of ether oxygens (including phenoxy) is 1. The summed E-state index contributed by atoms with van der Waals surface area (Å²) in [5, 5.41) is 0.0166. The number of carbonyl (C=O) groups excluding carboxylic acids is 2. The van der Waals surface area contributed by atoms with Crippen LogP contribution >= 0.6 is 11.6 Å². The van der Waals surface area contributed by atoms with Crippen LogP contribution in [0.3, 0.4) is 0 Å². The Kier molecular flexibility index (Phi) is 6.68. The zero-order valence-electron chi connectivity index (χ0n) is 18.7. The molecule has 33 heavy (non-hydrogen) atoms. The number of likely N-dealkylation sites (tertiary alicyclic amines) is 1. The Labute approximate surface area is 199 Å². The number of nitrogens with zero attached hydrogens (tertiary/aromatic N) is 2. The van der Waals surface area contributed by atoms with Crippen LogP contribution in [0.4, 0.5) is 5.69 Å². The van der Waals surface area contributed by atoms with Crippen LogP contribution in [0.1, 0.15) is 49.0 Å². The van der Waals surface area contributed by atoms with Crippen molar-refractivity contribution in [1.29, 1.82) is 0 Å². The van der Waals surface area contributed by atoms with Crippen LogP contribution in [0.5, 0.6) is 0 Å². The van der Waals surface area contributed by atoms with Crippen molar-refractivity contribution in [2.45, 2.75) is 56.5 Å². The molecule has 7 nitrogen and oxygen atoms in total.